The predicted octanol–water partition coefficient (Wildman–Crippen LogP) is 4.56. The Morgan fingerprint density at radius 3 is 2.41 bits per heavy atom. The van der Waals surface area contributed by atoms with E-state index in [1.54, 1.807) is 24.3 Å². The number of anilines is 1. The van der Waals surface area contributed by atoms with Crippen LogP contribution in [0.4, 0.5) is 10.5 Å². The summed E-state index contributed by atoms with van der Waals surface area (Å²) in [6.45, 7) is 4.13. The van der Waals surface area contributed by atoms with Crippen LogP contribution in [-0.2, 0) is 28.5 Å². The molecule has 0 aliphatic heterocycles. The molecule has 1 N–H and O–H groups in total. The van der Waals surface area contributed by atoms with E-state index in [1.807, 2.05) is 13.8 Å². The largest absolute Gasteiger partial charge is 0.498 e. The van der Waals surface area contributed by atoms with Crippen molar-refractivity contribution in [2.45, 2.75) is 33.1 Å². The summed E-state index contributed by atoms with van der Waals surface area (Å²) in [6, 6.07) is 5.11. The molecule has 8 nitrogen and oxygen atoms in total. The lowest BCUT2D eigenvalue weighted by Crippen LogP contribution is -2.27. The maximum absolute atomic E-state index is 12.3. The number of benzene rings is 1. The number of ether oxygens (including phenoxy) is 4. The van der Waals surface area contributed by atoms with E-state index in [9.17, 15) is 14.4 Å². The third kappa shape index (κ3) is 7.02. The number of carbonyl (C=O) groups is 3. The number of hydrogen-bond acceptors (Lipinski definition) is 7. The molecule has 9 heteroatoms. The Morgan fingerprint density at radius 2 is 1.81 bits per heavy atom. The van der Waals surface area contributed by atoms with Crippen molar-refractivity contribution in [1.29, 1.82) is 0 Å². The van der Waals surface area contributed by atoms with Crippen molar-refractivity contribution in [3.8, 4) is 0 Å². The van der Waals surface area contributed by atoms with Crippen LogP contribution in [0.3, 0.4) is 0 Å². The van der Waals surface area contributed by atoms with Gasteiger partial charge in [0, 0.05) is 22.7 Å². The number of methoxy groups -OCH3 is 2. The van der Waals surface area contributed by atoms with Crippen molar-refractivity contribution in [1.82, 2.24) is 0 Å². The Bertz CT molecular complexity index is 907. The van der Waals surface area contributed by atoms with Crippen LogP contribution in [-0.4, -0.2) is 45.5 Å². The number of esters is 2. The molecule has 0 unspecified atom stereocenters. The Labute approximate surface area is 192 Å². The molecule has 0 bridgehead atoms. The molecule has 0 saturated carbocycles. The third-order valence-electron chi connectivity index (χ3n) is 4.95. The van der Waals surface area contributed by atoms with E-state index in [0.717, 1.165) is 11.1 Å². The Hall–Kier alpha value is -3.00. The Morgan fingerprint density at radius 1 is 1.12 bits per heavy atom. The van der Waals surface area contributed by atoms with Gasteiger partial charge >= 0.3 is 18.0 Å². The highest BCUT2D eigenvalue weighted by Gasteiger charge is 2.30. The molecule has 32 heavy (non-hydrogen) atoms. The van der Waals surface area contributed by atoms with Crippen LogP contribution in [0, 0.1) is 12.8 Å². The molecule has 0 fully saturated rings. The van der Waals surface area contributed by atoms with Gasteiger partial charge in [0.2, 0.25) is 0 Å². The highest BCUT2D eigenvalue weighted by atomic mass is 35.5. The van der Waals surface area contributed by atoms with Crippen LogP contribution in [0.25, 0.3) is 0 Å². The highest BCUT2D eigenvalue weighted by molar-refractivity contribution is 6.30. The van der Waals surface area contributed by atoms with Gasteiger partial charge in [0.25, 0.3) is 0 Å². The summed E-state index contributed by atoms with van der Waals surface area (Å²) in [5.74, 6) is -1.66. The molecule has 1 aliphatic carbocycles. The van der Waals surface area contributed by atoms with Crippen LogP contribution in [0.1, 0.15) is 31.7 Å². The summed E-state index contributed by atoms with van der Waals surface area (Å²) < 4.78 is 20.5. The van der Waals surface area contributed by atoms with E-state index in [4.69, 9.17) is 30.5 Å². The van der Waals surface area contributed by atoms with Crippen LogP contribution < -0.4 is 5.32 Å². The van der Waals surface area contributed by atoms with Gasteiger partial charge in [-0.2, -0.15) is 0 Å². The van der Waals surface area contributed by atoms with E-state index in [0.29, 0.717) is 41.5 Å². The number of hydrogen-bond donors (Lipinski definition) is 1. The summed E-state index contributed by atoms with van der Waals surface area (Å²) >= 11 is 5.94. The van der Waals surface area contributed by atoms with Gasteiger partial charge in [0.1, 0.15) is 12.4 Å². The number of allylic oxidation sites excluding steroid dienone is 2. The molecule has 0 heterocycles. The molecule has 1 aliphatic rings. The summed E-state index contributed by atoms with van der Waals surface area (Å²) in [5, 5.41) is 3.26. The number of amides is 1. The van der Waals surface area contributed by atoms with Gasteiger partial charge in [-0.15, -0.1) is 0 Å². The average Bonchev–Trinajstić information content (AvgIpc) is 2.78. The summed E-state index contributed by atoms with van der Waals surface area (Å²) in [5.41, 5.74) is 2.91. The van der Waals surface area contributed by atoms with Crippen LogP contribution in [0.15, 0.2) is 41.2 Å². The Kier molecular flexibility index (Phi) is 9.59. The fraction of sp³-hybridized carbons (Fsp3) is 0.435. The van der Waals surface area contributed by atoms with Gasteiger partial charge < -0.3 is 18.9 Å². The number of carbonyl (C=O) groups excluding carboxylic acids is 3. The van der Waals surface area contributed by atoms with Gasteiger partial charge in [-0.05, 0) is 50.5 Å². The fourth-order valence-electron chi connectivity index (χ4n) is 3.32. The van der Waals surface area contributed by atoms with Crippen molar-refractivity contribution in [2.24, 2.45) is 5.92 Å². The molecule has 0 spiro atoms. The molecule has 174 valence electrons. The van der Waals surface area contributed by atoms with Crippen LogP contribution in [0.5, 0.6) is 0 Å². The van der Waals surface area contributed by atoms with E-state index >= 15 is 0 Å². The molecule has 0 saturated heterocycles. The molecule has 0 aromatic heterocycles. The lowest BCUT2D eigenvalue weighted by Gasteiger charge is -2.22. The number of nitrogens with one attached hydrogen (secondary N) is 1. The molecular weight excluding hydrogens is 438 g/mol. The summed E-state index contributed by atoms with van der Waals surface area (Å²) in [7, 11) is 2.45. The third-order valence-corrected chi connectivity index (χ3v) is 5.19. The van der Waals surface area contributed by atoms with Gasteiger partial charge in [-0.3, -0.25) is 14.9 Å². The van der Waals surface area contributed by atoms with Crippen LogP contribution in [0.2, 0.25) is 5.02 Å². The zero-order valence-electron chi connectivity index (χ0n) is 18.7. The second kappa shape index (κ2) is 12.1. The van der Waals surface area contributed by atoms with E-state index in [1.165, 1.54) is 14.2 Å². The van der Waals surface area contributed by atoms with Crippen molar-refractivity contribution < 1.29 is 33.3 Å². The van der Waals surface area contributed by atoms with Gasteiger partial charge in [0.15, 0.2) is 5.92 Å². The maximum Gasteiger partial charge on any atom is 0.411 e. The number of rotatable bonds is 9. The normalized spacial score (nSPS) is 13.4. The first-order chi connectivity index (χ1) is 15.3. The van der Waals surface area contributed by atoms with E-state index in [2.05, 4.69) is 5.32 Å². The predicted molar refractivity (Wildman–Crippen MR) is 119 cm³/mol. The topological polar surface area (TPSA) is 100 Å². The van der Waals surface area contributed by atoms with Crippen LogP contribution >= 0.6 is 11.6 Å². The molecule has 1 aromatic carbocycles. The van der Waals surface area contributed by atoms with E-state index in [-0.39, 0.29) is 13.0 Å². The van der Waals surface area contributed by atoms with Gasteiger partial charge in [-0.25, -0.2) is 4.79 Å². The van der Waals surface area contributed by atoms with Gasteiger partial charge in [-0.1, -0.05) is 23.3 Å². The first kappa shape index (κ1) is 25.3. The molecule has 1 aromatic rings. The fourth-order valence-corrected chi connectivity index (χ4v) is 3.55. The van der Waals surface area contributed by atoms with Crippen molar-refractivity contribution in [3.63, 3.8) is 0 Å². The lowest BCUT2D eigenvalue weighted by atomic mass is 9.90. The smallest absolute Gasteiger partial charge is 0.411 e. The minimum absolute atomic E-state index is 0.0293. The first-order valence-corrected chi connectivity index (χ1v) is 10.6. The standard InChI is InChI=1S/C23H28ClNO7/c1-5-31-20-9-6-15(12-18(21(26)29-3)22(27)30-4)11-16(20)13-32-23(28)25-19-8-7-17(24)10-14(19)2/h7-8,10-11,18H,5-6,9,12-13H2,1-4H3,(H,25,28). The minimum atomic E-state index is -1.05. The molecule has 2 rings (SSSR count). The maximum atomic E-state index is 12.3. The summed E-state index contributed by atoms with van der Waals surface area (Å²) in [6.07, 6.45) is 2.48. The second-order valence-corrected chi connectivity index (χ2v) is 7.58. The SMILES string of the molecule is CCOC1=C(COC(=O)Nc2ccc(Cl)cc2C)C=C(CC(C(=O)OC)C(=O)OC)CC1. The quantitative estimate of drug-likeness (QED) is 0.324. The average molecular weight is 466 g/mol. The van der Waals surface area contributed by atoms with Crippen molar-refractivity contribution in [3.05, 3.63) is 51.8 Å². The molecular formula is C23H28ClNO7. The summed E-state index contributed by atoms with van der Waals surface area (Å²) in [4.78, 5) is 36.3. The zero-order chi connectivity index (χ0) is 23.7. The molecule has 0 atom stereocenters. The van der Waals surface area contributed by atoms with Gasteiger partial charge in [0.05, 0.1) is 20.8 Å². The first-order valence-electron chi connectivity index (χ1n) is 10.2. The number of aryl methyl sites for hydroxylation is 1. The number of halogens is 1. The molecule has 1 amide bonds. The Balaban J connectivity index is 2.11. The monoisotopic (exact) mass is 465 g/mol. The highest BCUT2D eigenvalue weighted by Crippen LogP contribution is 2.30. The van der Waals surface area contributed by atoms with Crippen molar-refractivity contribution in [2.75, 3.05) is 32.8 Å². The molecule has 0 radical (unpaired) electrons. The van der Waals surface area contributed by atoms with E-state index < -0.39 is 23.9 Å². The zero-order valence-corrected chi connectivity index (χ0v) is 19.4. The van der Waals surface area contributed by atoms with Crippen molar-refractivity contribution >= 4 is 35.3 Å². The lowest BCUT2D eigenvalue weighted by molar-refractivity contribution is -0.158. The minimum Gasteiger partial charge on any atom is -0.498 e. The second-order valence-electron chi connectivity index (χ2n) is 7.15.